The first-order valence-electron chi connectivity index (χ1n) is 7.14. The van der Waals surface area contributed by atoms with Crippen LogP contribution in [-0.2, 0) is 7.05 Å². The number of aromatic nitrogens is 4. The minimum Gasteiger partial charge on any atom is -0.229 e. The van der Waals surface area contributed by atoms with Gasteiger partial charge in [0.05, 0.1) is 5.88 Å². The minimum absolute atomic E-state index is 0.137. The summed E-state index contributed by atoms with van der Waals surface area (Å²) >= 11 is 6.17. The molecule has 7 heteroatoms. The fourth-order valence-electron chi connectivity index (χ4n) is 2.47. The van der Waals surface area contributed by atoms with Crippen LogP contribution in [0.1, 0.15) is 17.0 Å². The molecule has 0 saturated heterocycles. The highest BCUT2D eigenvalue weighted by Gasteiger charge is 2.18. The number of aryl methyl sites for hydroxylation is 1. The van der Waals surface area contributed by atoms with Crippen LogP contribution in [0.4, 0.5) is 8.78 Å². The summed E-state index contributed by atoms with van der Waals surface area (Å²) in [6.07, 6.45) is 0. The van der Waals surface area contributed by atoms with E-state index in [-0.39, 0.29) is 17.5 Å². The van der Waals surface area contributed by atoms with Gasteiger partial charge in [-0.15, -0.1) is 16.7 Å². The normalized spacial score (nSPS) is 10.7. The van der Waals surface area contributed by atoms with Crippen molar-refractivity contribution in [3.05, 3.63) is 77.1 Å². The van der Waals surface area contributed by atoms with Crippen LogP contribution >= 0.6 is 11.6 Å². The molecule has 1 aromatic heterocycles. The zero-order valence-electron chi connectivity index (χ0n) is 12.7. The van der Waals surface area contributed by atoms with Crippen LogP contribution < -0.4 is 0 Å². The molecule has 0 spiro atoms. The number of alkyl halides is 1. The Balaban J connectivity index is 2.28. The van der Waals surface area contributed by atoms with Crippen molar-refractivity contribution >= 4 is 22.7 Å². The summed E-state index contributed by atoms with van der Waals surface area (Å²) in [6, 6.07) is 12.0. The molecule has 0 unspecified atom stereocenters. The first-order valence-corrected chi connectivity index (χ1v) is 7.67. The van der Waals surface area contributed by atoms with E-state index in [1.807, 2.05) is 0 Å². The number of hydrogen-bond acceptors (Lipinski definition) is 3. The van der Waals surface area contributed by atoms with E-state index in [9.17, 15) is 8.78 Å². The molecule has 0 fully saturated rings. The van der Waals surface area contributed by atoms with Crippen molar-refractivity contribution in [1.29, 1.82) is 0 Å². The van der Waals surface area contributed by atoms with Gasteiger partial charge in [-0.1, -0.05) is 24.3 Å². The predicted octanol–water partition coefficient (Wildman–Crippen LogP) is 3.69. The lowest BCUT2D eigenvalue weighted by molar-refractivity contribution is 0.627. The molecule has 122 valence electrons. The van der Waals surface area contributed by atoms with Crippen LogP contribution in [0, 0.1) is 11.6 Å². The van der Waals surface area contributed by atoms with Gasteiger partial charge >= 0.3 is 0 Å². The monoisotopic (exact) mass is 346 g/mol. The second kappa shape index (κ2) is 6.88. The van der Waals surface area contributed by atoms with Gasteiger partial charge < -0.3 is 0 Å². The summed E-state index contributed by atoms with van der Waals surface area (Å²) in [5.74, 6) is -0.0539. The second-order valence-electron chi connectivity index (χ2n) is 5.13. The lowest BCUT2D eigenvalue weighted by Gasteiger charge is -2.14. The molecule has 0 saturated carbocycles. The minimum atomic E-state index is -0.343. The molecule has 1 heterocycles. The zero-order chi connectivity index (χ0) is 17.1. The number of nitrogens with zero attached hydrogens (tertiary/aromatic N) is 4. The van der Waals surface area contributed by atoms with Gasteiger partial charge in [-0.25, -0.2) is 13.5 Å². The molecule has 0 atom stereocenters. The Morgan fingerprint density at radius 2 is 1.46 bits per heavy atom. The van der Waals surface area contributed by atoms with Crippen molar-refractivity contribution in [3.8, 4) is 0 Å². The number of allylic oxidation sites excluding steroid dienone is 1. The summed E-state index contributed by atoms with van der Waals surface area (Å²) in [4.78, 5) is 0. The maximum Gasteiger partial charge on any atom is 0.179 e. The van der Waals surface area contributed by atoms with Gasteiger partial charge in [0.2, 0.25) is 0 Å². The SMILES string of the molecule is Cn1nnnc1C(CCl)=C(c1ccc(F)cc1)c1ccc(F)cc1. The number of tetrazole rings is 1. The predicted molar refractivity (Wildman–Crippen MR) is 88.2 cm³/mol. The van der Waals surface area contributed by atoms with Gasteiger partial charge in [0, 0.05) is 12.6 Å². The van der Waals surface area contributed by atoms with Crippen molar-refractivity contribution < 1.29 is 8.78 Å². The Morgan fingerprint density at radius 3 is 1.83 bits per heavy atom. The van der Waals surface area contributed by atoms with Crippen LogP contribution in [0.15, 0.2) is 48.5 Å². The molecule has 24 heavy (non-hydrogen) atoms. The summed E-state index contributed by atoms with van der Waals surface area (Å²) in [5.41, 5.74) is 2.87. The molecule has 4 nitrogen and oxygen atoms in total. The summed E-state index contributed by atoms with van der Waals surface area (Å²) in [5, 5.41) is 11.5. The number of rotatable bonds is 4. The molecule has 0 bridgehead atoms. The molecular formula is C17H13ClF2N4. The van der Waals surface area contributed by atoms with Crippen LogP contribution in [0.2, 0.25) is 0 Å². The summed E-state index contributed by atoms with van der Waals surface area (Å²) < 4.78 is 28.1. The van der Waals surface area contributed by atoms with E-state index < -0.39 is 0 Å². The third kappa shape index (κ3) is 3.19. The van der Waals surface area contributed by atoms with Crippen LogP contribution in [0.5, 0.6) is 0 Å². The number of halogens is 3. The Kier molecular flexibility index (Phi) is 4.66. The molecular weight excluding hydrogens is 334 g/mol. The molecule has 0 N–H and O–H groups in total. The highest BCUT2D eigenvalue weighted by atomic mass is 35.5. The van der Waals surface area contributed by atoms with Crippen molar-refractivity contribution in [2.24, 2.45) is 7.05 Å². The van der Waals surface area contributed by atoms with Crippen molar-refractivity contribution in [2.45, 2.75) is 0 Å². The third-order valence-electron chi connectivity index (χ3n) is 3.59. The van der Waals surface area contributed by atoms with E-state index in [2.05, 4.69) is 15.5 Å². The van der Waals surface area contributed by atoms with Crippen molar-refractivity contribution in [1.82, 2.24) is 20.2 Å². The standard InChI is InChI=1S/C17H13ClF2N4/c1-24-17(21-22-23-24)15(10-18)16(11-2-6-13(19)7-3-11)12-4-8-14(20)9-5-12/h2-9H,10H2,1H3. The maximum atomic E-state index is 13.3. The topological polar surface area (TPSA) is 43.6 Å². The van der Waals surface area contributed by atoms with Gasteiger partial charge in [0.15, 0.2) is 5.82 Å². The Bertz CT molecular complexity index is 823. The van der Waals surface area contributed by atoms with Gasteiger partial charge in [-0.2, -0.15) is 0 Å². The van der Waals surface area contributed by atoms with Gasteiger partial charge in [-0.05, 0) is 51.4 Å². The summed E-state index contributed by atoms with van der Waals surface area (Å²) in [7, 11) is 1.70. The van der Waals surface area contributed by atoms with Crippen LogP contribution in [-0.4, -0.2) is 26.1 Å². The fraction of sp³-hybridized carbons (Fsp3) is 0.118. The van der Waals surface area contributed by atoms with E-state index in [0.29, 0.717) is 11.4 Å². The largest absolute Gasteiger partial charge is 0.229 e. The lowest BCUT2D eigenvalue weighted by atomic mass is 9.93. The Labute approximate surface area is 142 Å². The molecule has 0 aliphatic heterocycles. The molecule has 0 radical (unpaired) electrons. The average Bonchev–Trinajstić information content (AvgIpc) is 3.01. The first-order chi connectivity index (χ1) is 11.6. The number of hydrogen-bond donors (Lipinski definition) is 0. The summed E-state index contributed by atoms with van der Waals surface area (Å²) in [6.45, 7) is 0. The van der Waals surface area contributed by atoms with Crippen LogP contribution in [0.25, 0.3) is 11.1 Å². The smallest absolute Gasteiger partial charge is 0.179 e. The molecule has 3 aromatic rings. The molecule has 0 aliphatic rings. The molecule has 0 amide bonds. The fourth-order valence-corrected chi connectivity index (χ4v) is 2.72. The zero-order valence-corrected chi connectivity index (χ0v) is 13.5. The van der Waals surface area contributed by atoms with E-state index >= 15 is 0 Å². The van der Waals surface area contributed by atoms with Crippen LogP contribution in [0.3, 0.4) is 0 Å². The van der Waals surface area contributed by atoms with E-state index in [4.69, 9.17) is 11.6 Å². The average molecular weight is 347 g/mol. The van der Waals surface area contributed by atoms with E-state index in [0.717, 1.165) is 16.7 Å². The Morgan fingerprint density at radius 1 is 0.958 bits per heavy atom. The highest BCUT2D eigenvalue weighted by molar-refractivity contribution is 6.25. The lowest BCUT2D eigenvalue weighted by Crippen LogP contribution is -2.04. The van der Waals surface area contributed by atoms with Crippen molar-refractivity contribution in [2.75, 3.05) is 5.88 Å². The van der Waals surface area contributed by atoms with Crippen molar-refractivity contribution in [3.63, 3.8) is 0 Å². The van der Waals surface area contributed by atoms with E-state index in [1.165, 1.54) is 28.9 Å². The first kappa shape index (κ1) is 16.3. The molecule has 2 aromatic carbocycles. The second-order valence-corrected chi connectivity index (χ2v) is 5.39. The maximum absolute atomic E-state index is 13.3. The third-order valence-corrected chi connectivity index (χ3v) is 3.86. The number of benzene rings is 2. The van der Waals surface area contributed by atoms with E-state index in [1.54, 1.807) is 31.3 Å². The molecule has 0 aliphatic carbocycles. The quantitative estimate of drug-likeness (QED) is 0.677. The van der Waals surface area contributed by atoms with Gasteiger partial charge in [0.1, 0.15) is 11.6 Å². The van der Waals surface area contributed by atoms with Gasteiger partial charge in [-0.3, -0.25) is 0 Å². The van der Waals surface area contributed by atoms with Gasteiger partial charge in [0.25, 0.3) is 0 Å². The Hall–Kier alpha value is -2.60. The highest BCUT2D eigenvalue weighted by Crippen LogP contribution is 2.32. The molecule has 3 rings (SSSR count).